The van der Waals surface area contributed by atoms with Gasteiger partial charge in [-0.25, -0.2) is 14.2 Å². The molecule has 2 heterocycles. The van der Waals surface area contributed by atoms with E-state index >= 15 is 0 Å². The zero-order valence-corrected chi connectivity index (χ0v) is 15.6. The van der Waals surface area contributed by atoms with Crippen LogP contribution in [0.15, 0.2) is 59.9 Å². The Morgan fingerprint density at radius 2 is 1.93 bits per heavy atom. The molecule has 3 rings (SSSR count). The van der Waals surface area contributed by atoms with Gasteiger partial charge in [0, 0.05) is 18.1 Å². The lowest BCUT2D eigenvalue weighted by molar-refractivity contribution is 0.150. The molecule has 0 saturated heterocycles. The SMILES string of the molecule is Cc1cc(C)n(C(=N)N)n1.N/C(=N\C(=O)OCc1ccccc1)n1cccn1. The predicted octanol–water partition coefficient (Wildman–Crippen LogP) is 1.62. The number of aromatic nitrogens is 4. The fraction of sp³-hybridized carbons (Fsp3) is 0.167. The normalized spacial score (nSPS) is 10.7. The summed E-state index contributed by atoms with van der Waals surface area (Å²) in [6, 6.07) is 12.9. The van der Waals surface area contributed by atoms with Gasteiger partial charge in [-0.15, -0.1) is 4.99 Å². The van der Waals surface area contributed by atoms with Crippen LogP contribution in [0.1, 0.15) is 17.0 Å². The highest BCUT2D eigenvalue weighted by atomic mass is 16.5. The Balaban J connectivity index is 0.000000237. The van der Waals surface area contributed by atoms with E-state index in [2.05, 4.69) is 15.2 Å². The third-order valence-electron chi connectivity index (χ3n) is 3.39. The Kier molecular flexibility index (Phi) is 7.03. The van der Waals surface area contributed by atoms with Crippen LogP contribution in [-0.4, -0.2) is 37.6 Å². The van der Waals surface area contributed by atoms with E-state index in [4.69, 9.17) is 21.6 Å². The van der Waals surface area contributed by atoms with Crippen molar-refractivity contribution in [2.24, 2.45) is 16.5 Å². The standard InChI is InChI=1S/C12H12N4O2.C6H10N4/c13-11(16-8-4-7-14-16)15-12(17)18-9-10-5-2-1-3-6-10;1-4-3-5(2)10(9-4)6(7)8/h1-8H,9H2,(H2,13,15,17);3H,1-2H3,(H3,7,8). The third-order valence-corrected chi connectivity index (χ3v) is 3.39. The summed E-state index contributed by atoms with van der Waals surface area (Å²) in [5.74, 6) is -0.0661. The van der Waals surface area contributed by atoms with Crippen molar-refractivity contribution in [2.45, 2.75) is 20.5 Å². The molecule has 3 aromatic rings. The van der Waals surface area contributed by atoms with E-state index in [1.54, 1.807) is 12.3 Å². The molecular formula is C18H22N8O2. The molecule has 2 aromatic heterocycles. The topological polar surface area (TPSA) is 150 Å². The van der Waals surface area contributed by atoms with Gasteiger partial charge in [-0.3, -0.25) is 5.41 Å². The lowest BCUT2D eigenvalue weighted by atomic mass is 10.2. The van der Waals surface area contributed by atoms with Crippen LogP contribution in [0.3, 0.4) is 0 Å². The van der Waals surface area contributed by atoms with Gasteiger partial charge in [0.15, 0.2) is 0 Å². The number of nitrogens with two attached hydrogens (primary N) is 2. The maximum Gasteiger partial charge on any atom is 0.437 e. The summed E-state index contributed by atoms with van der Waals surface area (Å²) in [6.07, 6.45) is 2.38. The molecule has 0 bridgehead atoms. The van der Waals surface area contributed by atoms with Crippen molar-refractivity contribution in [2.75, 3.05) is 0 Å². The molecular weight excluding hydrogens is 360 g/mol. The quantitative estimate of drug-likeness (QED) is 0.453. The van der Waals surface area contributed by atoms with Gasteiger partial charge in [0.1, 0.15) is 6.61 Å². The molecule has 1 aromatic carbocycles. The first kappa shape index (κ1) is 20.4. The number of nitrogens with zero attached hydrogens (tertiary/aromatic N) is 5. The van der Waals surface area contributed by atoms with Gasteiger partial charge in [-0.1, -0.05) is 30.3 Å². The number of aryl methyl sites for hydroxylation is 2. The number of aliphatic imine (C=N–C) groups is 1. The van der Waals surface area contributed by atoms with Gasteiger partial charge in [0.05, 0.1) is 5.69 Å². The maximum absolute atomic E-state index is 11.4. The summed E-state index contributed by atoms with van der Waals surface area (Å²) in [4.78, 5) is 15.0. The highest BCUT2D eigenvalue weighted by molar-refractivity contribution is 5.89. The fourth-order valence-electron chi connectivity index (χ4n) is 2.17. The van der Waals surface area contributed by atoms with E-state index < -0.39 is 6.09 Å². The number of rotatable bonds is 2. The lowest BCUT2D eigenvalue weighted by Crippen LogP contribution is -2.24. The molecule has 28 heavy (non-hydrogen) atoms. The number of carbonyl (C=O) groups is 1. The second-order valence-electron chi connectivity index (χ2n) is 5.68. The molecule has 1 amide bonds. The summed E-state index contributed by atoms with van der Waals surface area (Å²) >= 11 is 0. The maximum atomic E-state index is 11.4. The second kappa shape index (κ2) is 9.67. The van der Waals surface area contributed by atoms with Crippen LogP contribution in [0.5, 0.6) is 0 Å². The Labute approximate surface area is 161 Å². The number of benzene rings is 1. The number of nitrogens with one attached hydrogen (secondary N) is 1. The summed E-state index contributed by atoms with van der Waals surface area (Å²) in [5, 5.41) is 14.9. The van der Waals surface area contributed by atoms with Crippen molar-refractivity contribution >= 4 is 18.0 Å². The average Bonchev–Trinajstić information content (AvgIpc) is 3.31. The van der Waals surface area contributed by atoms with E-state index in [0.29, 0.717) is 0 Å². The van der Waals surface area contributed by atoms with Crippen LogP contribution < -0.4 is 11.5 Å². The third kappa shape index (κ3) is 6.09. The predicted molar refractivity (Wildman–Crippen MR) is 105 cm³/mol. The van der Waals surface area contributed by atoms with Crippen LogP contribution in [0.4, 0.5) is 4.79 Å². The minimum Gasteiger partial charge on any atom is -0.443 e. The average molecular weight is 382 g/mol. The van der Waals surface area contributed by atoms with Crippen molar-refractivity contribution in [3.63, 3.8) is 0 Å². The molecule has 0 aliphatic heterocycles. The zero-order chi connectivity index (χ0) is 20.5. The minimum absolute atomic E-state index is 0.0296. The van der Waals surface area contributed by atoms with E-state index in [1.807, 2.05) is 50.2 Å². The highest BCUT2D eigenvalue weighted by Crippen LogP contribution is 2.01. The van der Waals surface area contributed by atoms with Crippen molar-refractivity contribution in [3.05, 3.63) is 71.8 Å². The molecule has 0 radical (unpaired) electrons. The first-order valence-corrected chi connectivity index (χ1v) is 8.29. The van der Waals surface area contributed by atoms with E-state index in [0.717, 1.165) is 17.0 Å². The molecule has 0 aliphatic carbocycles. The van der Waals surface area contributed by atoms with Crippen molar-refractivity contribution in [1.29, 1.82) is 5.41 Å². The summed E-state index contributed by atoms with van der Waals surface area (Å²) in [6.45, 7) is 3.89. The van der Waals surface area contributed by atoms with Gasteiger partial charge in [-0.05, 0) is 31.5 Å². The van der Waals surface area contributed by atoms with Crippen LogP contribution in [0.25, 0.3) is 0 Å². The van der Waals surface area contributed by atoms with Gasteiger partial charge in [0.25, 0.3) is 0 Å². The van der Waals surface area contributed by atoms with E-state index in [1.165, 1.54) is 15.6 Å². The van der Waals surface area contributed by atoms with Crippen molar-refractivity contribution in [1.82, 2.24) is 19.6 Å². The van der Waals surface area contributed by atoms with Crippen molar-refractivity contribution < 1.29 is 9.53 Å². The summed E-state index contributed by atoms with van der Waals surface area (Å²) in [5.41, 5.74) is 13.4. The molecule has 0 saturated carbocycles. The number of nitrogen functional groups attached to an aromatic ring is 1. The number of ether oxygens (including phenoxy) is 1. The molecule has 0 aliphatic rings. The largest absolute Gasteiger partial charge is 0.443 e. The Hall–Kier alpha value is -3.95. The Morgan fingerprint density at radius 1 is 1.21 bits per heavy atom. The summed E-state index contributed by atoms with van der Waals surface area (Å²) in [7, 11) is 0. The van der Waals surface area contributed by atoms with Gasteiger partial charge < -0.3 is 16.2 Å². The van der Waals surface area contributed by atoms with Gasteiger partial charge >= 0.3 is 6.09 Å². The molecule has 10 heteroatoms. The Bertz CT molecular complexity index is 945. The molecule has 146 valence electrons. The van der Waals surface area contributed by atoms with Crippen LogP contribution in [0.2, 0.25) is 0 Å². The fourth-order valence-corrected chi connectivity index (χ4v) is 2.17. The number of amides is 1. The minimum atomic E-state index is -0.744. The van der Waals surface area contributed by atoms with E-state index in [9.17, 15) is 4.79 Å². The molecule has 10 nitrogen and oxygen atoms in total. The lowest BCUT2D eigenvalue weighted by Gasteiger charge is -2.02. The molecule has 0 fully saturated rings. The van der Waals surface area contributed by atoms with Crippen molar-refractivity contribution in [3.8, 4) is 0 Å². The van der Waals surface area contributed by atoms with Crippen LogP contribution >= 0.6 is 0 Å². The first-order chi connectivity index (χ1) is 13.4. The van der Waals surface area contributed by atoms with Gasteiger partial charge in [-0.2, -0.15) is 10.2 Å². The van der Waals surface area contributed by atoms with E-state index in [-0.39, 0.29) is 18.5 Å². The summed E-state index contributed by atoms with van der Waals surface area (Å²) < 4.78 is 7.63. The monoisotopic (exact) mass is 382 g/mol. The van der Waals surface area contributed by atoms with Gasteiger partial charge in [0.2, 0.25) is 11.9 Å². The highest BCUT2D eigenvalue weighted by Gasteiger charge is 2.04. The molecule has 0 spiro atoms. The smallest absolute Gasteiger partial charge is 0.437 e. The first-order valence-electron chi connectivity index (χ1n) is 8.29. The second-order valence-corrected chi connectivity index (χ2v) is 5.68. The number of hydrogen-bond donors (Lipinski definition) is 3. The zero-order valence-electron chi connectivity index (χ0n) is 15.6. The molecule has 5 N–H and O–H groups in total. The number of carbonyl (C=O) groups excluding carboxylic acids is 1. The van der Waals surface area contributed by atoms with Crippen LogP contribution in [0, 0.1) is 19.3 Å². The van der Waals surface area contributed by atoms with Crippen LogP contribution in [-0.2, 0) is 11.3 Å². The Morgan fingerprint density at radius 3 is 2.43 bits per heavy atom. The molecule has 0 atom stereocenters. The molecule has 0 unspecified atom stereocenters. The number of hydrogen-bond acceptors (Lipinski definition) is 5.